The standard InChI is InChI=1S/C11H16N2O2S/c12-13-11(15)7-9-3-1-2-4-10(9)8-16-6-5-14/h1-4,14H,5-8,12H2,(H,13,15). The van der Waals surface area contributed by atoms with Gasteiger partial charge in [-0.25, -0.2) is 5.84 Å². The maximum Gasteiger partial charge on any atom is 0.238 e. The summed E-state index contributed by atoms with van der Waals surface area (Å²) in [7, 11) is 0. The molecule has 0 aromatic heterocycles. The van der Waals surface area contributed by atoms with Crippen LogP contribution in [0.25, 0.3) is 0 Å². The third-order valence-corrected chi connectivity index (χ3v) is 3.11. The molecule has 0 saturated heterocycles. The van der Waals surface area contributed by atoms with Crippen LogP contribution in [0.4, 0.5) is 0 Å². The van der Waals surface area contributed by atoms with Gasteiger partial charge in [-0.05, 0) is 11.1 Å². The predicted molar refractivity (Wildman–Crippen MR) is 65.7 cm³/mol. The summed E-state index contributed by atoms with van der Waals surface area (Å²) in [6.07, 6.45) is 0.298. The summed E-state index contributed by atoms with van der Waals surface area (Å²) in [6, 6.07) is 7.76. The lowest BCUT2D eigenvalue weighted by molar-refractivity contribution is -0.120. The molecule has 88 valence electrons. The highest BCUT2D eigenvalue weighted by molar-refractivity contribution is 7.98. The minimum absolute atomic E-state index is 0.177. The third kappa shape index (κ3) is 4.22. The molecule has 0 heterocycles. The van der Waals surface area contributed by atoms with Gasteiger partial charge in [0.2, 0.25) is 5.91 Å². The number of hydrazine groups is 1. The molecule has 0 bridgehead atoms. The van der Waals surface area contributed by atoms with E-state index in [1.807, 2.05) is 24.3 Å². The summed E-state index contributed by atoms with van der Waals surface area (Å²) in [6.45, 7) is 0.177. The number of aliphatic hydroxyl groups excluding tert-OH is 1. The van der Waals surface area contributed by atoms with Gasteiger partial charge in [0.05, 0.1) is 13.0 Å². The van der Waals surface area contributed by atoms with Crippen molar-refractivity contribution in [3.63, 3.8) is 0 Å². The van der Waals surface area contributed by atoms with Gasteiger partial charge in [0.15, 0.2) is 0 Å². The molecule has 0 aliphatic carbocycles. The van der Waals surface area contributed by atoms with Gasteiger partial charge < -0.3 is 5.11 Å². The summed E-state index contributed by atoms with van der Waals surface area (Å²) in [5, 5.41) is 8.70. The van der Waals surface area contributed by atoms with E-state index in [-0.39, 0.29) is 12.5 Å². The molecule has 0 saturated carbocycles. The van der Waals surface area contributed by atoms with Crippen LogP contribution in [-0.4, -0.2) is 23.4 Å². The van der Waals surface area contributed by atoms with E-state index in [0.717, 1.165) is 16.9 Å². The Hall–Kier alpha value is -1.04. The molecule has 4 N–H and O–H groups in total. The van der Waals surface area contributed by atoms with Crippen molar-refractivity contribution in [2.24, 2.45) is 5.84 Å². The Morgan fingerprint density at radius 2 is 2.06 bits per heavy atom. The normalized spacial score (nSPS) is 10.1. The van der Waals surface area contributed by atoms with Crippen LogP contribution in [0.2, 0.25) is 0 Å². The number of amides is 1. The summed E-state index contributed by atoms with van der Waals surface area (Å²) >= 11 is 1.64. The highest BCUT2D eigenvalue weighted by Gasteiger charge is 2.06. The second-order valence-corrected chi connectivity index (χ2v) is 4.39. The van der Waals surface area contributed by atoms with Crippen LogP contribution in [-0.2, 0) is 17.0 Å². The van der Waals surface area contributed by atoms with Crippen molar-refractivity contribution in [1.82, 2.24) is 5.43 Å². The molecule has 0 spiro atoms. The molecule has 5 heteroatoms. The van der Waals surface area contributed by atoms with Crippen LogP contribution in [0.5, 0.6) is 0 Å². The third-order valence-electron chi connectivity index (χ3n) is 2.12. The van der Waals surface area contributed by atoms with Gasteiger partial charge in [0.1, 0.15) is 0 Å². The zero-order chi connectivity index (χ0) is 11.8. The van der Waals surface area contributed by atoms with Crippen LogP contribution in [0.15, 0.2) is 24.3 Å². The fraction of sp³-hybridized carbons (Fsp3) is 0.364. The largest absolute Gasteiger partial charge is 0.396 e. The zero-order valence-corrected chi connectivity index (χ0v) is 9.80. The number of carbonyl (C=O) groups excluding carboxylic acids is 1. The van der Waals surface area contributed by atoms with E-state index in [4.69, 9.17) is 10.9 Å². The number of rotatable bonds is 6. The quantitative estimate of drug-likeness (QED) is 0.292. The first-order valence-corrected chi connectivity index (χ1v) is 6.18. The number of thioether (sulfide) groups is 1. The van der Waals surface area contributed by atoms with Crippen LogP contribution in [0.3, 0.4) is 0 Å². The molecule has 0 atom stereocenters. The van der Waals surface area contributed by atoms with Crippen molar-refractivity contribution in [1.29, 1.82) is 0 Å². The summed E-state index contributed by atoms with van der Waals surface area (Å²) in [4.78, 5) is 11.2. The number of nitrogens with two attached hydrogens (primary N) is 1. The molecule has 0 aliphatic rings. The molecule has 1 aromatic carbocycles. The van der Waals surface area contributed by atoms with Gasteiger partial charge in [0, 0.05) is 11.5 Å². The zero-order valence-electron chi connectivity index (χ0n) is 8.98. The highest BCUT2D eigenvalue weighted by atomic mass is 32.2. The second kappa shape index (κ2) is 7.27. The maximum atomic E-state index is 11.2. The van der Waals surface area contributed by atoms with Crippen LogP contribution < -0.4 is 11.3 Å². The van der Waals surface area contributed by atoms with Crippen LogP contribution >= 0.6 is 11.8 Å². The van der Waals surface area contributed by atoms with Gasteiger partial charge in [-0.3, -0.25) is 10.2 Å². The first kappa shape index (κ1) is 13.0. The Morgan fingerprint density at radius 1 is 1.38 bits per heavy atom. The van der Waals surface area contributed by atoms with Gasteiger partial charge in [-0.1, -0.05) is 24.3 Å². The lowest BCUT2D eigenvalue weighted by Gasteiger charge is -2.08. The van der Waals surface area contributed by atoms with Crippen LogP contribution in [0.1, 0.15) is 11.1 Å². The molecule has 1 amide bonds. The van der Waals surface area contributed by atoms with E-state index >= 15 is 0 Å². The molecule has 4 nitrogen and oxygen atoms in total. The predicted octanol–water partition coefficient (Wildman–Crippen LogP) is 0.444. The highest BCUT2D eigenvalue weighted by Crippen LogP contribution is 2.16. The summed E-state index contributed by atoms with van der Waals surface area (Å²) in [5.74, 6) is 6.36. The Morgan fingerprint density at radius 3 is 2.69 bits per heavy atom. The summed E-state index contributed by atoms with van der Waals surface area (Å²) in [5.41, 5.74) is 4.22. The van der Waals surface area contributed by atoms with Gasteiger partial charge in [-0.15, -0.1) is 0 Å². The summed E-state index contributed by atoms with van der Waals surface area (Å²) < 4.78 is 0. The molecule has 0 aliphatic heterocycles. The maximum absolute atomic E-state index is 11.2. The van der Waals surface area contributed by atoms with Crippen molar-refractivity contribution in [3.05, 3.63) is 35.4 Å². The molecular weight excluding hydrogens is 224 g/mol. The SMILES string of the molecule is NNC(=O)Cc1ccccc1CSCCO. The topological polar surface area (TPSA) is 75.3 Å². The van der Waals surface area contributed by atoms with Crippen molar-refractivity contribution in [2.45, 2.75) is 12.2 Å². The Labute approximate surface area is 99.2 Å². The monoisotopic (exact) mass is 240 g/mol. The average Bonchev–Trinajstić information content (AvgIpc) is 2.31. The lowest BCUT2D eigenvalue weighted by Crippen LogP contribution is -2.31. The first-order valence-electron chi connectivity index (χ1n) is 5.02. The molecule has 0 unspecified atom stereocenters. The molecular formula is C11H16N2O2S. The number of benzene rings is 1. The molecule has 16 heavy (non-hydrogen) atoms. The minimum atomic E-state index is -0.195. The Kier molecular flexibility index (Phi) is 5.92. The van der Waals surface area contributed by atoms with Crippen molar-refractivity contribution in [2.75, 3.05) is 12.4 Å². The van der Waals surface area contributed by atoms with Crippen molar-refractivity contribution < 1.29 is 9.90 Å². The number of hydrogen-bond acceptors (Lipinski definition) is 4. The van der Waals surface area contributed by atoms with Gasteiger partial charge in [-0.2, -0.15) is 11.8 Å². The molecule has 0 radical (unpaired) electrons. The van der Waals surface area contributed by atoms with E-state index in [1.54, 1.807) is 11.8 Å². The molecule has 1 aromatic rings. The molecule has 1 rings (SSSR count). The fourth-order valence-electron chi connectivity index (χ4n) is 1.34. The van der Waals surface area contributed by atoms with E-state index in [2.05, 4.69) is 5.43 Å². The van der Waals surface area contributed by atoms with E-state index in [9.17, 15) is 4.79 Å². The van der Waals surface area contributed by atoms with Crippen LogP contribution in [0, 0.1) is 0 Å². The second-order valence-electron chi connectivity index (χ2n) is 3.29. The number of hydrogen-bond donors (Lipinski definition) is 3. The average molecular weight is 240 g/mol. The van der Waals surface area contributed by atoms with Crippen molar-refractivity contribution in [3.8, 4) is 0 Å². The van der Waals surface area contributed by atoms with E-state index in [1.165, 1.54) is 0 Å². The number of aliphatic hydroxyl groups is 1. The van der Waals surface area contributed by atoms with E-state index < -0.39 is 0 Å². The smallest absolute Gasteiger partial charge is 0.238 e. The van der Waals surface area contributed by atoms with Crippen molar-refractivity contribution >= 4 is 17.7 Å². The minimum Gasteiger partial charge on any atom is -0.396 e. The first-order chi connectivity index (χ1) is 7.77. The van der Waals surface area contributed by atoms with E-state index in [0.29, 0.717) is 12.2 Å². The molecule has 0 fully saturated rings. The fourth-order valence-corrected chi connectivity index (χ4v) is 2.12. The lowest BCUT2D eigenvalue weighted by atomic mass is 10.1. The number of nitrogens with one attached hydrogen (secondary N) is 1. The Bertz CT molecular complexity index is 345. The Balaban J connectivity index is 2.63. The number of carbonyl (C=O) groups is 1. The van der Waals surface area contributed by atoms with Gasteiger partial charge >= 0.3 is 0 Å². The van der Waals surface area contributed by atoms with Gasteiger partial charge in [0.25, 0.3) is 0 Å².